The summed E-state index contributed by atoms with van der Waals surface area (Å²) >= 11 is 0. The maximum atomic E-state index is 12.2. The summed E-state index contributed by atoms with van der Waals surface area (Å²) in [6, 6.07) is -0.939. The summed E-state index contributed by atoms with van der Waals surface area (Å²) in [7, 11) is 0. The van der Waals surface area contributed by atoms with Gasteiger partial charge in [0, 0.05) is 13.1 Å². The standard InChI is InChI=1S/C15H27N3O5/c1-14(2,3)22-12(20)17-7-8-18(10(9-17)11(16)19)13(21)23-15(4,5)6/h10H,7-9H2,1-6H3,(H2,16,19)/t10-/m1/s1. The Morgan fingerprint density at radius 1 is 0.913 bits per heavy atom. The third kappa shape index (κ3) is 5.96. The van der Waals surface area contributed by atoms with Crippen LogP contribution in [0.4, 0.5) is 9.59 Å². The predicted molar refractivity (Wildman–Crippen MR) is 83.7 cm³/mol. The van der Waals surface area contributed by atoms with E-state index < -0.39 is 35.3 Å². The zero-order valence-electron chi connectivity index (χ0n) is 14.7. The molecule has 1 atom stereocenters. The van der Waals surface area contributed by atoms with Crippen LogP contribution < -0.4 is 5.73 Å². The van der Waals surface area contributed by atoms with E-state index in [4.69, 9.17) is 15.2 Å². The van der Waals surface area contributed by atoms with Crippen LogP contribution in [0.25, 0.3) is 0 Å². The summed E-state index contributed by atoms with van der Waals surface area (Å²) in [4.78, 5) is 38.6. The average Bonchev–Trinajstić information content (AvgIpc) is 2.33. The van der Waals surface area contributed by atoms with Gasteiger partial charge in [0.2, 0.25) is 5.91 Å². The van der Waals surface area contributed by atoms with E-state index >= 15 is 0 Å². The Kier molecular flexibility index (Phi) is 5.50. The Morgan fingerprint density at radius 3 is 1.83 bits per heavy atom. The van der Waals surface area contributed by atoms with E-state index in [2.05, 4.69) is 0 Å². The zero-order chi connectivity index (χ0) is 18.0. The lowest BCUT2D eigenvalue weighted by Crippen LogP contribution is -2.61. The van der Waals surface area contributed by atoms with Crippen molar-refractivity contribution >= 4 is 18.1 Å². The molecule has 132 valence electrons. The maximum Gasteiger partial charge on any atom is 0.411 e. The molecule has 8 heteroatoms. The van der Waals surface area contributed by atoms with Gasteiger partial charge in [0.25, 0.3) is 0 Å². The molecule has 0 bridgehead atoms. The molecule has 8 nitrogen and oxygen atoms in total. The molecule has 0 saturated carbocycles. The minimum absolute atomic E-state index is 0.0104. The van der Waals surface area contributed by atoms with E-state index in [1.165, 1.54) is 9.80 Å². The first kappa shape index (κ1) is 19.1. The molecule has 0 unspecified atom stereocenters. The van der Waals surface area contributed by atoms with Gasteiger partial charge in [-0.2, -0.15) is 0 Å². The van der Waals surface area contributed by atoms with Gasteiger partial charge >= 0.3 is 12.2 Å². The van der Waals surface area contributed by atoms with E-state index in [9.17, 15) is 14.4 Å². The highest BCUT2D eigenvalue weighted by molar-refractivity contribution is 5.85. The number of nitrogens with zero attached hydrogens (tertiary/aromatic N) is 2. The predicted octanol–water partition coefficient (Wildman–Crippen LogP) is 1.33. The number of carbonyl (C=O) groups excluding carboxylic acids is 3. The largest absolute Gasteiger partial charge is 0.444 e. The molecule has 3 amide bonds. The van der Waals surface area contributed by atoms with Gasteiger partial charge < -0.3 is 20.1 Å². The van der Waals surface area contributed by atoms with Crippen molar-refractivity contribution in [1.29, 1.82) is 0 Å². The third-order valence-electron chi connectivity index (χ3n) is 2.99. The lowest BCUT2D eigenvalue weighted by atomic mass is 10.1. The number of hydrogen-bond acceptors (Lipinski definition) is 5. The van der Waals surface area contributed by atoms with Crippen molar-refractivity contribution < 1.29 is 23.9 Å². The molecule has 0 aromatic carbocycles. The first-order chi connectivity index (χ1) is 10.3. The van der Waals surface area contributed by atoms with Gasteiger partial charge in [-0.3, -0.25) is 9.69 Å². The lowest BCUT2D eigenvalue weighted by Gasteiger charge is -2.40. The van der Waals surface area contributed by atoms with Crippen LogP contribution >= 0.6 is 0 Å². The molecular formula is C15H27N3O5. The Labute approximate surface area is 136 Å². The molecule has 0 aromatic heterocycles. The van der Waals surface area contributed by atoms with Crippen LogP contribution in [-0.4, -0.2) is 64.8 Å². The lowest BCUT2D eigenvalue weighted by molar-refractivity contribution is -0.125. The molecular weight excluding hydrogens is 302 g/mol. The quantitative estimate of drug-likeness (QED) is 0.782. The summed E-state index contributed by atoms with van der Waals surface area (Å²) in [5, 5.41) is 0. The number of carbonyl (C=O) groups is 3. The van der Waals surface area contributed by atoms with Crippen LogP contribution in [0.5, 0.6) is 0 Å². The molecule has 1 aliphatic heterocycles. The first-order valence-corrected chi connectivity index (χ1v) is 7.57. The van der Waals surface area contributed by atoms with Crippen molar-refractivity contribution in [3.63, 3.8) is 0 Å². The van der Waals surface area contributed by atoms with Crippen LogP contribution in [0.2, 0.25) is 0 Å². The van der Waals surface area contributed by atoms with Crippen molar-refractivity contribution in [3.05, 3.63) is 0 Å². The van der Waals surface area contributed by atoms with Crippen molar-refractivity contribution in [2.45, 2.75) is 58.8 Å². The van der Waals surface area contributed by atoms with Crippen LogP contribution in [0.3, 0.4) is 0 Å². The molecule has 1 saturated heterocycles. The van der Waals surface area contributed by atoms with Crippen molar-refractivity contribution in [2.24, 2.45) is 5.73 Å². The molecule has 1 heterocycles. The number of rotatable bonds is 1. The number of ether oxygens (including phenoxy) is 2. The molecule has 0 spiro atoms. The monoisotopic (exact) mass is 329 g/mol. The van der Waals surface area contributed by atoms with Gasteiger partial charge in [0.15, 0.2) is 0 Å². The topological polar surface area (TPSA) is 102 Å². The summed E-state index contributed by atoms with van der Waals surface area (Å²) in [6.07, 6.45) is -1.15. The highest BCUT2D eigenvalue weighted by Gasteiger charge is 2.39. The average molecular weight is 329 g/mol. The minimum Gasteiger partial charge on any atom is -0.444 e. The number of hydrogen-bond donors (Lipinski definition) is 1. The van der Waals surface area contributed by atoms with Crippen LogP contribution in [-0.2, 0) is 14.3 Å². The van der Waals surface area contributed by atoms with E-state index in [0.717, 1.165) is 0 Å². The van der Waals surface area contributed by atoms with Crippen molar-refractivity contribution in [3.8, 4) is 0 Å². The fourth-order valence-corrected chi connectivity index (χ4v) is 2.06. The van der Waals surface area contributed by atoms with Gasteiger partial charge in [-0.1, -0.05) is 0 Å². The molecule has 1 fully saturated rings. The van der Waals surface area contributed by atoms with Crippen LogP contribution in [0.1, 0.15) is 41.5 Å². The number of nitrogens with two attached hydrogens (primary N) is 1. The molecule has 23 heavy (non-hydrogen) atoms. The molecule has 1 rings (SSSR count). The zero-order valence-corrected chi connectivity index (χ0v) is 14.7. The second kappa shape index (κ2) is 6.64. The highest BCUT2D eigenvalue weighted by atomic mass is 16.6. The number of primary amides is 1. The Bertz CT molecular complexity index is 478. The molecule has 0 radical (unpaired) electrons. The van der Waals surface area contributed by atoms with Crippen molar-refractivity contribution in [1.82, 2.24) is 9.80 Å². The summed E-state index contributed by atoms with van der Waals surface area (Å²) in [5.74, 6) is -0.691. The molecule has 0 aromatic rings. The molecule has 2 N–H and O–H groups in total. The minimum atomic E-state index is -0.939. The van der Waals surface area contributed by atoms with Gasteiger partial charge in [-0.25, -0.2) is 9.59 Å². The second-order valence-electron chi connectivity index (χ2n) is 7.52. The Balaban J connectivity index is 2.80. The Morgan fingerprint density at radius 2 is 1.39 bits per heavy atom. The van der Waals surface area contributed by atoms with E-state index in [1.54, 1.807) is 41.5 Å². The molecule has 0 aliphatic carbocycles. The number of amides is 3. The molecule has 1 aliphatic rings. The first-order valence-electron chi connectivity index (χ1n) is 7.57. The van der Waals surface area contributed by atoms with E-state index in [-0.39, 0.29) is 19.6 Å². The summed E-state index contributed by atoms with van der Waals surface area (Å²) in [6.45, 7) is 10.9. The second-order valence-corrected chi connectivity index (χ2v) is 7.52. The SMILES string of the molecule is CC(C)(C)OC(=O)N1CCN(C(=O)OC(C)(C)C)[C@@H](C(N)=O)C1. The number of piperazine rings is 1. The highest BCUT2D eigenvalue weighted by Crippen LogP contribution is 2.18. The van der Waals surface area contributed by atoms with Crippen LogP contribution in [0, 0.1) is 0 Å². The fourth-order valence-electron chi connectivity index (χ4n) is 2.06. The maximum absolute atomic E-state index is 12.2. The van der Waals surface area contributed by atoms with Gasteiger partial charge in [-0.15, -0.1) is 0 Å². The van der Waals surface area contributed by atoms with Gasteiger partial charge in [-0.05, 0) is 41.5 Å². The summed E-state index contributed by atoms with van der Waals surface area (Å²) in [5.41, 5.74) is 4.07. The van der Waals surface area contributed by atoms with Crippen molar-refractivity contribution in [2.75, 3.05) is 19.6 Å². The van der Waals surface area contributed by atoms with Crippen LogP contribution in [0.15, 0.2) is 0 Å². The van der Waals surface area contributed by atoms with E-state index in [0.29, 0.717) is 0 Å². The Hall–Kier alpha value is -1.99. The fraction of sp³-hybridized carbons (Fsp3) is 0.800. The van der Waals surface area contributed by atoms with Gasteiger partial charge in [0.1, 0.15) is 17.2 Å². The van der Waals surface area contributed by atoms with Gasteiger partial charge in [0.05, 0.1) is 6.54 Å². The normalized spacial score (nSPS) is 19.3. The summed E-state index contributed by atoms with van der Waals surface area (Å²) < 4.78 is 10.6. The third-order valence-corrected chi connectivity index (χ3v) is 2.99. The smallest absolute Gasteiger partial charge is 0.411 e. The van der Waals surface area contributed by atoms with E-state index in [1.807, 2.05) is 0 Å².